The number of nitrogens with one attached hydrogen (secondary N) is 1. The molecule has 1 aromatic rings. The van der Waals surface area contributed by atoms with Crippen LogP contribution in [0.4, 0.5) is 4.39 Å². The predicted molar refractivity (Wildman–Crippen MR) is 54.7 cm³/mol. The summed E-state index contributed by atoms with van der Waals surface area (Å²) in [5.74, 6) is 0. The second-order valence-corrected chi connectivity index (χ2v) is 6.97. The lowest BCUT2D eigenvalue weighted by Crippen LogP contribution is -1.94. The predicted octanol–water partition coefficient (Wildman–Crippen LogP) is 2.53. The number of aromatic amines is 1. The molecule has 1 aliphatic heterocycles. The Balaban J connectivity index is 2.66. The highest BCUT2D eigenvalue weighted by molar-refractivity contribution is 14.2. The fraction of sp³-hybridized carbons (Fsp3) is 0. The SMILES string of the molecule is FC1=IC(Br)=Cc2cn[nH]c21. The van der Waals surface area contributed by atoms with E-state index in [1.165, 1.54) is 0 Å². The minimum Gasteiger partial charge on any atom is -0.274 e. The molecular formula is C6H3BrFIN2. The Morgan fingerprint density at radius 1 is 1.64 bits per heavy atom. The monoisotopic (exact) mass is 328 g/mol. The first kappa shape index (κ1) is 7.60. The molecule has 58 valence electrons. The summed E-state index contributed by atoms with van der Waals surface area (Å²) in [6.07, 6.45) is 3.54. The molecule has 5 heteroatoms. The molecule has 2 heterocycles. The molecule has 1 N–H and O–H groups in total. The van der Waals surface area contributed by atoms with Crippen LogP contribution in [0.1, 0.15) is 11.3 Å². The van der Waals surface area contributed by atoms with E-state index in [-0.39, 0.29) is 3.76 Å². The van der Waals surface area contributed by atoms with Gasteiger partial charge < -0.3 is 0 Å². The Morgan fingerprint density at radius 2 is 2.45 bits per heavy atom. The van der Waals surface area contributed by atoms with Gasteiger partial charge in [-0.1, -0.05) is 0 Å². The summed E-state index contributed by atoms with van der Waals surface area (Å²) in [5.41, 5.74) is 1.39. The van der Waals surface area contributed by atoms with Crippen molar-refractivity contribution >= 4 is 46.5 Å². The molecule has 11 heavy (non-hydrogen) atoms. The molecule has 0 aromatic carbocycles. The van der Waals surface area contributed by atoms with E-state index in [4.69, 9.17) is 0 Å². The van der Waals surface area contributed by atoms with Crippen LogP contribution >= 0.6 is 36.7 Å². The van der Waals surface area contributed by atoms with E-state index in [1.54, 1.807) is 6.20 Å². The third-order valence-electron chi connectivity index (χ3n) is 1.30. The van der Waals surface area contributed by atoms with Crippen LogP contribution in [0.3, 0.4) is 0 Å². The maximum atomic E-state index is 13.1. The van der Waals surface area contributed by atoms with E-state index in [0.29, 0.717) is 5.69 Å². The van der Waals surface area contributed by atoms with Gasteiger partial charge in [-0.3, -0.25) is 5.10 Å². The Morgan fingerprint density at radius 3 is 3.27 bits per heavy atom. The lowest BCUT2D eigenvalue weighted by Gasteiger charge is -2.00. The molecule has 1 aromatic heterocycles. The molecule has 2 nitrogen and oxygen atoms in total. The third-order valence-corrected chi connectivity index (χ3v) is 4.37. The highest BCUT2D eigenvalue weighted by atomic mass is 127. The lowest BCUT2D eigenvalue weighted by molar-refractivity contribution is 0.825. The van der Waals surface area contributed by atoms with Gasteiger partial charge in [-0.15, -0.1) is 0 Å². The van der Waals surface area contributed by atoms with Crippen molar-refractivity contribution in [1.29, 1.82) is 0 Å². The highest BCUT2D eigenvalue weighted by Crippen LogP contribution is 2.33. The molecule has 0 bridgehead atoms. The first-order valence-corrected chi connectivity index (χ1v) is 5.80. The van der Waals surface area contributed by atoms with Crippen LogP contribution in [-0.4, -0.2) is 14.0 Å². The average Bonchev–Trinajstić information content (AvgIpc) is 2.34. The topological polar surface area (TPSA) is 28.7 Å². The zero-order valence-electron chi connectivity index (χ0n) is 5.24. The normalized spacial score (nSPS) is 16.2. The van der Waals surface area contributed by atoms with Crippen LogP contribution < -0.4 is 0 Å². The lowest BCUT2D eigenvalue weighted by atomic mass is 10.3. The van der Waals surface area contributed by atoms with Gasteiger partial charge in [0.15, 0.2) is 3.76 Å². The number of halogens is 3. The van der Waals surface area contributed by atoms with Crippen LogP contribution in [0.2, 0.25) is 0 Å². The number of fused-ring (bicyclic) bond motifs is 1. The second kappa shape index (κ2) is 2.78. The molecule has 0 fully saturated rings. The van der Waals surface area contributed by atoms with Crippen LogP contribution in [0, 0.1) is 0 Å². The molecule has 0 radical (unpaired) electrons. The minimum absolute atomic E-state index is 0.0503. The zero-order chi connectivity index (χ0) is 7.84. The number of hydrogen-bond donors (Lipinski definition) is 1. The Kier molecular flexibility index (Phi) is 1.92. The van der Waals surface area contributed by atoms with E-state index in [0.717, 1.165) is 8.05 Å². The second-order valence-electron chi connectivity index (χ2n) is 1.99. The van der Waals surface area contributed by atoms with Crippen molar-refractivity contribution in [1.82, 2.24) is 10.2 Å². The molecular weight excluding hydrogens is 326 g/mol. The van der Waals surface area contributed by atoms with Crippen molar-refractivity contribution < 1.29 is 4.39 Å². The van der Waals surface area contributed by atoms with Gasteiger partial charge in [-0.05, 0) is 42.7 Å². The van der Waals surface area contributed by atoms with Gasteiger partial charge in [0.05, 0.1) is 8.69 Å². The summed E-state index contributed by atoms with van der Waals surface area (Å²) in [6, 6.07) is 0. The average molecular weight is 329 g/mol. The summed E-state index contributed by atoms with van der Waals surface area (Å²) in [4.78, 5) is 0. The molecule has 0 saturated carbocycles. The van der Waals surface area contributed by atoms with Crippen molar-refractivity contribution in [2.45, 2.75) is 0 Å². The number of nitrogens with zero attached hydrogens (tertiary/aromatic N) is 1. The maximum Gasteiger partial charge on any atom is 0.181 e. The van der Waals surface area contributed by atoms with E-state index < -0.39 is 20.7 Å². The van der Waals surface area contributed by atoms with Crippen LogP contribution in [0.25, 0.3) is 6.08 Å². The molecule has 0 aliphatic carbocycles. The molecule has 0 unspecified atom stereocenters. The van der Waals surface area contributed by atoms with Crippen molar-refractivity contribution in [3.05, 3.63) is 19.9 Å². The van der Waals surface area contributed by atoms with Crippen molar-refractivity contribution in [3.8, 4) is 0 Å². The smallest absolute Gasteiger partial charge is 0.181 e. The van der Waals surface area contributed by atoms with Crippen molar-refractivity contribution in [3.63, 3.8) is 0 Å². The van der Waals surface area contributed by atoms with E-state index in [1.807, 2.05) is 6.08 Å². The number of rotatable bonds is 0. The van der Waals surface area contributed by atoms with Crippen molar-refractivity contribution in [2.75, 3.05) is 0 Å². The summed E-state index contributed by atoms with van der Waals surface area (Å²) in [5, 5.41) is 6.38. The van der Waals surface area contributed by atoms with E-state index >= 15 is 0 Å². The van der Waals surface area contributed by atoms with Gasteiger partial charge in [0.2, 0.25) is 0 Å². The largest absolute Gasteiger partial charge is 0.274 e. The minimum atomic E-state index is -0.617. The standard InChI is InChI=1S/C6H3BrFIN2/c7-4-1-3-2-10-11-5(3)6(8)9-4/h1-2H,(H,10,11). The van der Waals surface area contributed by atoms with Crippen LogP contribution in [0.5, 0.6) is 0 Å². The van der Waals surface area contributed by atoms with Gasteiger partial charge in [0, 0.05) is 5.56 Å². The fourth-order valence-corrected chi connectivity index (χ4v) is 3.60. The molecule has 1 aliphatic rings. The third kappa shape index (κ3) is 1.31. The van der Waals surface area contributed by atoms with Crippen LogP contribution in [0.15, 0.2) is 8.69 Å². The Bertz CT molecular complexity index is 355. The summed E-state index contributed by atoms with van der Waals surface area (Å²) in [6.45, 7) is 0. The number of H-pyrrole nitrogens is 1. The van der Waals surface area contributed by atoms with Gasteiger partial charge in [-0.25, -0.2) is 0 Å². The van der Waals surface area contributed by atoms with Gasteiger partial charge >= 0.3 is 0 Å². The molecule has 0 atom stereocenters. The highest BCUT2D eigenvalue weighted by Gasteiger charge is 2.13. The van der Waals surface area contributed by atoms with E-state index in [9.17, 15) is 4.39 Å². The fourth-order valence-electron chi connectivity index (χ4n) is 0.828. The van der Waals surface area contributed by atoms with E-state index in [2.05, 4.69) is 26.1 Å². The summed E-state index contributed by atoms with van der Waals surface area (Å²) < 4.78 is 14.0. The Hall–Kier alpha value is -0.0400. The first-order chi connectivity index (χ1) is 5.27. The molecule has 0 spiro atoms. The molecule has 2 rings (SSSR count). The molecule has 0 saturated heterocycles. The Labute approximate surface area is 80.8 Å². The first-order valence-electron chi connectivity index (χ1n) is 2.85. The van der Waals surface area contributed by atoms with Gasteiger partial charge in [0.1, 0.15) is 5.69 Å². The van der Waals surface area contributed by atoms with Crippen molar-refractivity contribution in [2.24, 2.45) is 0 Å². The zero-order valence-corrected chi connectivity index (χ0v) is 8.98. The quantitative estimate of drug-likeness (QED) is 0.728. The number of hydrogen-bond acceptors (Lipinski definition) is 1. The van der Waals surface area contributed by atoms with Crippen LogP contribution in [-0.2, 0) is 0 Å². The molecule has 0 amide bonds. The summed E-state index contributed by atoms with van der Waals surface area (Å²) in [7, 11) is 0. The van der Waals surface area contributed by atoms with Gasteiger partial charge in [-0.2, -0.15) is 9.49 Å². The number of aromatic nitrogens is 2. The summed E-state index contributed by atoms with van der Waals surface area (Å²) >= 11 is 2.67. The maximum absolute atomic E-state index is 13.1. The van der Waals surface area contributed by atoms with Gasteiger partial charge in [0.25, 0.3) is 0 Å².